The van der Waals surface area contributed by atoms with Crippen molar-refractivity contribution in [3.05, 3.63) is 41.9 Å². The van der Waals surface area contributed by atoms with Gasteiger partial charge in [-0.1, -0.05) is 23.7 Å². The van der Waals surface area contributed by atoms with E-state index in [0.717, 1.165) is 0 Å². The Morgan fingerprint density at radius 1 is 1.50 bits per heavy atom. The molecule has 0 bridgehead atoms. The number of hydrogen-bond donors (Lipinski definition) is 1. The van der Waals surface area contributed by atoms with Crippen molar-refractivity contribution in [2.45, 2.75) is 6.42 Å². The van der Waals surface area contributed by atoms with E-state index in [9.17, 15) is 9.59 Å². The summed E-state index contributed by atoms with van der Waals surface area (Å²) in [5.74, 6) is -0.366. The molecule has 0 saturated heterocycles. The van der Waals surface area contributed by atoms with Crippen LogP contribution in [0.2, 0.25) is 5.02 Å². The summed E-state index contributed by atoms with van der Waals surface area (Å²) in [4.78, 5) is 24.7. The van der Waals surface area contributed by atoms with E-state index < -0.39 is 0 Å². The van der Waals surface area contributed by atoms with Crippen LogP contribution in [-0.4, -0.2) is 37.1 Å². The molecule has 0 aliphatic heterocycles. The fraction of sp³-hybridized carbons (Fsp3) is 0.286. The molecule has 0 heterocycles. The number of amides is 2. The Balaban J connectivity index is 2.63. The molecule has 1 N–H and O–H groups in total. The van der Waals surface area contributed by atoms with Crippen LogP contribution >= 0.6 is 11.6 Å². The lowest BCUT2D eigenvalue weighted by molar-refractivity contribution is -0.140. The Bertz CT molecular complexity index is 491. The number of rotatable bonds is 6. The number of nitrogens with zero attached hydrogens (tertiary/aromatic N) is 1. The van der Waals surface area contributed by atoms with E-state index in [2.05, 4.69) is 16.6 Å². The molecule has 0 aromatic heterocycles. The van der Waals surface area contributed by atoms with Gasteiger partial charge in [0.2, 0.25) is 0 Å². The first-order chi connectivity index (χ1) is 9.56. The summed E-state index contributed by atoms with van der Waals surface area (Å²) in [6.07, 6.45) is 1.72. The zero-order valence-corrected chi connectivity index (χ0v) is 12.0. The summed E-state index contributed by atoms with van der Waals surface area (Å²) in [6.45, 7) is 4.18. The van der Waals surface area contributed by atoms with Crippen LogP contribution in [0.4, 0.5) is 10.5 Å². The van der Waals surface area contributed by atoms with Gasteiger partial charge in [-0.3, -0.25) is 4.79 Å². The summed E-state index contributed by atoms with van der Waals surface area (Å²) in [6, 6.07) is 6.51. The summed E-state index contributed by atoms with van der Waals surface area (Å²) in [5, 5.41) is 3.25. The van der Waals surface area contributed by atoms with Crippen molar-refractivity contribution in [3.63, 3.8) is 0 Å². The van der Waals surface area contributed by atoms with Crippen molar-refractivity contribution in [1.29, 1.82) is 0 Å². The molecule has 0 aliphatic rings. The van der Waals surface area contributed by atoms with Gasteiger partial charge in [-0.2, -0.15) is 0 Å². The minimum Gasteiger partial charge on any atom is -0.469 e. The molecule has 0 fully saturated rings. The number of carbonyl (C=O) groups is 2. The van der Waals surface area contributed by atoms with Gasteiger partial charge in [0.25, 0.3) is 0 Å². The van der Waals surface area contributed by atoms with Gasteiger partial charge in [-0.05, 0) is 18.2 Å². The number of ether oxygens (including phenoxy) is 1. The van der Waals surface area contributed by atoms with Gasteiger partial charge in [0.1, 0.15) is 0 Å². The van der Waals surface area contributed by atoms with Crippen molar-refractivity contribution in [1.82, 2.24) is 4.90 Å². The second-order valence-electron chi connectivity index (χ2n) is 4.00. The van der Waals surface area contributed by atoms with Crippen LogP contribution in [0.15, 0.2) is 36.9 Å². The molecular formula is C14H17ClN2O3. The number of methoxy groups -OCH3 is 1. The predicted molar refractivity (Wildman–Crippen MR) is 78.9 cm³/mol. The SMILES string of the molecule is C=CCN(CCC(=O)OC)C(=O)Nc1cccc(Cl)c1. The lowest BCUT2D eigenvalue weighted by Crippen LogP contribution is -2.36. The molecule has 6 heteroatoms. The Hall–Kier alpha value is -2.01. The van der Waals surface area contributed by atoms with E-state index >= 15 is 0 Å². The average molecular weight is 297 g/mol. The molecule has 1 rings (SSSR count). The highest BCUT2D eigenvalue weighted by Gasteiger charge is 2.14. The largest absolute Gasteiger partial charge is 0.469 e. The molecule has 0 unspecified atom stereocenters. The standard InChI is InChI=1S/C14H17ClN2O3/c1-3-8-17(9-7-13(18)20-2)14(19)16-12-6-4-5-11(15)10-12/h3-6,10H,1,7-9H2,2H3,(H,16,19). The molecule has 108 valence electrons. The fourth-order valence-corrected chi connectivity index (χ4v) is 1.72. The fourth-order valence-electron chi connectivity index (χ4n) is 1.53. The molecular weight excluding hydrogens is 280 g/mol. The van der Waals surface area contributed by atoms with Gasteiger partial charge < -0.3 is 15.0 Å². The number of hydrogen-bond acceptors (Lipinski definition) is 3. The number of carbonyl (C=O) groups excluding carboxylic acids is 2. The maximum atomic E-state index is 12.1. The van der Waals surface area contributed by atoms with Gasteiger partial charge in [-0.25, -0.2) is 4.79 Å². The second kappa shape index (κ2) is 8.22. The molecule has 1 aromatic carbocycles. The van der Waals surface area contributed by atoms with E-state index in [1.54, 1.807) is 30.3 Å². The van der Waals surface area contributed by atoms with Crippen molar-refractivity contribution in [2.75, 3.05) is 25.5 Å². The third-order valence-electron chi connectivity index (χ3n) is 2.53. The van der Waals surface area contributed by atoms with Crippen LogP contribution in [0.5, 0.6) is 0 Å². The average Bonchev–Trinajstić information content (AvgIpc) is 2.42. The van der Waals surface area contributed by atoms with Crippen LogP contribution < -0.4 is 5.32 Å². The first-order valence-electron chi connectivity index (χ1n) is 6.06. The van der Waals surface area contributed by atoms with E-state index in [1.165, 1.54) is 12.0 Å². The topological polar surface area (TPSA) is 58.6 Å². The smallest absolute Gasteiger partial charge is 0.322 e. The van der Waals surface area contributed by atoms with Gasteiger partial charge in [0.15, 0.2) is 0 Å². The molecule has 0 radical (unpaired) electrons. The van der Waals surface area contributed by atoms with Gasteiger partial charge in [0, 0.05) is 23.8 Å². The number of esters is 1. The Morgan fingerprint density at radius 3 is 2.85 bits per heavy atom. The number of urea groups is 1. The van der Waals surface area contributed by atoms with Crippen molar-refractivity contribution in [2.24, 2.45) is 0 Å². The van der Waals surface area contributed by atoms with Crippen LogP contribution in [0.1, 0.15) is 6.42 Å². The Morgan fingerprint density at radius 2 is 2.25 bits per heavy atom. The maximum Gasteiger partial charge on any atom is 0.322 e. The Kier molecular flexibility index (Phi) is 6.59. The van der Waals surface area contributed by atoms with Crippen molar-refractivity contribution in [3.8, 4) is 0 Å². The molecule has 20 heavy (non-hydrogen) atoms. The molecule has 0 atom stereocenters. The molecule has 0 aliphatic carbocycles. The van der Waals surface area contributed by atoms with E-state index in [1.807, 2.05) is 0 Å². The molecule has 1 aromatic rings. The monoisotopic (exact) mass is 296 g/mol. The van der Waals surface area contributed by atoms with E-state index in [-0.39, 0.29) is 25.0 Å². The molecule has 5 nitrogen and oxygen atoms in total. The third kappa shape index (κ3) is 5.32. The van der Waals surface area contributed by atoms with Gasteiger partial charge in [0.05, 0.1) is 13.5 Å². The summed E-state index contributed by atoms with van der Waals surface area (Å²) in [5.41, 5.74) is 0.592. The highest BCUT2D eigenvalue weighted by Crippen LogP contribution is 2.15. The Labute approximate surface area is 123 Å². The summed E-state index contributed by atoms with van der Waals surface area (Å²) < 4.78 is 4.55. The first-order valence-corrected chi connectivity index (χ1v) is 6.44. The maximum absolute atomic E-state index is 12.1. The summed E-state index contributed by atoms with van der Waals surface area (Å²) in [7, 11) is 1.31. The predicted octanol–water partition coefficient (Wildman–Crippen LogP) is 2.92. The van der Waals surface area contributed by atoms with Crippen LogP contribution in [0.25, 0.3) is 0 Å². The second-order valence-corrected chi connectivity index (χ2v) is 4.44. The lowest BCUT2D eigenvalue weighted by Gasteiger charge is -2.21. The quantitative estimate of drug-likeness (QED) is 0.648. The summed E-state index contributed by atoms with van der Waals surface area (Å²) >= 11 is 5.85. The number of halogens is 1. The number of nitrogens with one attached hydrogen (secondary N) is 1. The third-order valence-corrected chi connectivity index (χ3v) is 2.76. The van der Waals surface area contributed by atoms with Crippen LogP contribution in [0.3, 0.4) is 0 Å². The van der Waals surface area contributed by atoms with Crippen molar-refractivity contribution >= 4 is 29.3 Å². The zero-order valence-electron chi connectivity index (χ0n) is 11.3. The van der Waals surface area contributed by atoms with E-state index in [0.29, 0.717) is 17.3 Å². The van der Waals surface area contributed by atoms with Crippen LogP contribution in [-0.2, 0) is 9.53 Å². The van der Waals surface area contributed by atoms with Crippen LogP contribution in [0, 0.1) is 0 Å². The normalized spacial score (nSPS) is 9.70. The number of anilines is 1. The highest BCUT2D eigenvalue weighted by molar-refractivity contribution is 6.30. The molecule has 2 amide bonds. The molecule has 0 saturated carbocycles. The van der Waals surface area contributed by atoms with Gasteiger partial charge >= 0.3 is 12.0 Å². The minimum absolute atomic E-state index is 0.132. The number of benzene rings is 1. The first kappa shape index (κ1) is 16.0. The van der Waals surface area contributed by atoms with Crippen molar-refractivity contribution < 1.29 is 14.3 Å². The van der Waals surface area contributed by atoms with Gasteiger partial charge in [-0.15, -0.1) is 6.58 Å². The lowest BCUT2D eigenvalue weighted by atomic mass is 10.3. The minimum atomic E-state index is -0.366. The van der Waals surface area contributed by atoms with E-state index in [4.69, 9.17) is 11.6 Å². The molecule has 0 spiro atoms. The zero-order chi connectivity index (χ0) is 15.0. The highest BCUT2D eigenvalue weighted by atomic mass is 35.5.